The second-order valence-electron chi connectivity index (χ2n) is 14.2. The van der Waals surface area contributed by atoms with Crippen molar-refractivity contribution >= 4 is 17.7 Å². The molecule has 0 unspecified atom stereocenters. The minimum atomic E-state index is -1.87. The molecule has 0 radical (unpaired) electrons. The summed E-state index contributed by atoms with van der Waals surface area (Å²) in [5, 5.41) is 12.6. The van der Waals surface area contributed by atoms with Gasteiger partial charge in [0.15, 0.2) is 5.78 Å². The van der Waals surface area contributed by atoms with E-state index >= 15 is 0 Å². The van der Waals surface area contributed by atoms with Crippen LogP contribution in [0.2, 0.25) is 0 Å². The lowest BCUT2D eigenvalue weighted by atomic mass is 9.34. The topological polar surface area (TPSA) is 89.9 Å². The van der Waals surface area contributed by atoms with Crippen molar-refractivity contribution in [3.8, 4) is 0 Å². The number of hydrogen-bond donors (Lipinski definition) is 1. The van der Waals surface area contributed by atoms with Crippen LogP contribution in [0, 0.1) is 38.9 Å². The van der Waals surface area contributed by atoms with Crippen LogP contribution in [0.5, 0.6) is 0 Å². The first-order valence-corrected chi connectivity index (χ1v) is 13.3. The molecule has 0 amide bonds. The number of methoxy groups -OCH3 is 1. The molecule has 1 aliphatic heterocycles. The SMILES string of the molecule is COC(=O)[C@]12CCC(C)(C)C[C@H]1C1=CC(=O)[C@@]3(O)[C@@](C)(CC[C@H]4C(C)(C)OC(=O)[C@@]43C)[C@]1(C)CC2. The lowest BCUT2D eigenvalue weighted by Crippen LogP contribution is -2.75. The van der Waals surface area contributed by atoms with Crippen molar-refractivity contribution in [2.45, 2.75) is 105 Å². The average Bonchev–Trinajstić information content (AvgIpc) is 2.95. The Labute approximate surface area is 209 Å². The molecule has 0 aromatic carbocycles. The van der Waals surface area contributed by atoms with Crippen molar-refractivity contribution < 1.29 is 29.0 Å². The Bertz CT molecular complexity index is 1060. The second kappa shape index (κ2) is 6.79. The molecule has 7 atom stereocenters. The maximum Gasteiger partial charge on any atom is 0.316 e. The van der Waals surface area contributed by atoms with Gasteiger partial charge in [0, 0.05) is 11.3 Å². The van der Waals surface area contributed by atoms with Crippen LogP contribution >= 0.6 is 0 Å². The Morgan fingerprint density at radius 1 is 1.00 bits per heavy atom. The summed E-state index contributed by atoms with van der Waals surface area (Å²) in [5.74, 6) is -1.45. The minimum absolute atomic E-state index is 0.0297. The van der Waals surface area contributed by atoms with E-state index in [2.05, 4.69) is 20.8 Å². The third-order valence-corrected chi connectivity index (χ3v) is 12.0. The molecular formula is C29H42O6. The molecule has 5 aliphatic rings. The summed E-state index contributed by atoms with van der Waals surface area (Å²) in [4.78, 5) is 40.9. The number of carbonyl (C=O) groups is 3. The quantitative estimate of drug-likeness (QED) is 0.537. The lowest BCUT2D eigenvalue weighted by Gasteiger charge is -2.69. The van der Waals surface area contributed by atoms with Crippen LogP contribution in [-0.2, 0) is 23.9 Å². The van der Waals surface area contributed by atoms with Crippen molar-refractivity contribution in [2.24, 2.45) is 38.9 Å². The Morgan fingerprint density at radius 3 is 2.26 bits per heavy atom. The molecule has 0 bridgehead atoms. The maximum absolute atomic E-state index is 14.2. The van der Waals surface area contributed by atoms with Crippen LogP contribution in [0.4, 0.5) is 0 Å². The fourth-order valence-corrected chi connectivity index (χ4v) is 9.62. The molecule has 4 fully saturated rings. The van der Waals surface area contributed by atoms with Gasteiger partial charge in [-0.25, -0.2) is 0 Å². The van der Waals surface area contributed by atoms with Crippen LogP contribution < -0.4 is 0 Å². The molecule has 6 nitrogen and oxygen atoms in total. The van der Waals surface area contributed by atoms with E-state index in [-0.39, 0.29) is 23.2 Å². The van der Waals surface area contributed by atoms with Crippen molar-refractivity contribution in [1.29, 1.82) is 0 Å². The molecule has 4 aliphatic carbocycles. The molecule has 0 aromatic rings. The number of aliphatic hydroxyl groups is 1. The number of allylic oxidation sites excluding steroid dienone is 1. The summed E-state index contributed by atoms with van der Waals surface area (Å²) < 4.78 is 11.2. The van der Waals surface area contributed by atoms with Gasteiger partial charge < -0.3 is 14.6 Å². The first-order valence-electron chi connectivity index (χ1n) is 13.3. The summed E-state index contributed by atoms with van der Waals surface area (Å²) in [7, 11) is 1.46. The molecule has 1 heterocycles. The summed E-state index contributed by atoms with van der Waals surface area (Å²) in [6, 6.07) is 0. The van der Waals surface area contributed by atoms with E-state index in [4.69, 9.17) is 9.47 Å². The Kier molecular flexibility index (Phi) is 4.84. The monoisotopic (exact) mass is 486 g/mol. The zero-order chi connectivity index (χ0) is 26.0. The molecule has 3 saturated carbocycles. The van der Waals surface area contributed by atoms with Crippen molar-refractivity contribution in [2.75, 3.05) is 7.11 Å². The second-order valence-corrected chi connectivity index (χ2v) is 14.2. The molecule has 35 heavy (non-hydrogen) atoms. The molecular weight excluding hydrogens is 444 g/mol. The predicted octanol–water partition coefficient (Wildman–Crippen LogP) is 4.77. The number of hydrogen-bond acceptors (Lipinski definition) is 6. The maximum atomic E-state index is 14.2. The number of cyclic esters (lactones) is 1. The Morgan fingerprint density at radius 2 is 1.63 bits per heavy atom. The lowest BCUT2D eigenvalue weighted by molar-refractivity contribution is -0.238. The third-order valence-electron chi connectivity index (χ3n) is 12.0. The Balaban J connectivity index is 1.73. The van der Waals surface area contributed by atoms with E-state index in [0.29, 0.717) is 25.7 Å². The summed E-state index contributed by atoms with van der Waals surface area (Å²) in [6.45, 7) is 14.2. The fraction of sp³-hybridized carbons (Fsp3) is 0.828. The number of ether oxygens (including phenoxy) is 2. The van der Waals surface area contributed by atoms with E-state index in [9.17, 15) is 19.5 Å². The zero-order valence-electron chi connectivity index (χ0n) is 22.7. The highest BCUT2D eigenvalue weighted by Gasteiger charge is 2.81. The standard InChI is InChI=1S/C29H42O6/c1-23(2)11-13-28(22(32)34-8)14-12-25(5)17(18(28)16-23)15-20(30)29(33)26(25,6)10-9-19-24(3,4)35-21(31)27(19,29)7/h15,18-19,33H,9-14,16H2,1-8H3/t18-,19-,25+,26-,27+,28-,29+/m0/s1. The van der Waals surface area contributed by atoms with Gasteiger partial charge in [0.2, 0.25) is 0 Å². The summed E-state index contributed by atoms with van der Waals surface area (Å²) >= 11 is 0. The van der Waals surface area contributed by atoms with E-state index < -0.39 is 44.6 Å². The molecule has 0 spiro atoms. The predicted molar refractivity (Wildman–Crippen MR) is 130 cm³/mol. The highest BCUT2D eigenvalue weighted by Crippen LogP contribution is 2.75. The van der Waals surface area contributed by atoms with Gasteiger partial charge in [-0.3, -0.25) is 14.4 Å². The van der Waals surface area contributed by atoms with Gasteiger partial charge in [0.25, 0.3) is 0 Å². The first-order chi connectivity index (χ1) is 16.0. The van der Waals surface area contributed by atoms with E-state index in [1.54, 1.807) is 13.0 Å². The van der Waals surface area contributed by atoms with Gasteiger partial charge >= 0.3 is 11.9 Å². The van der Waals surface area contributed by atoms with Crippen molar-refractivity contribution in [3.63, 3.8) is 0 Å². The first kappa shape index (κ1) is 25.0. The normalized spacial score (nSPS) is 49.6. The van der Waals surface area contributed by atoms with Gasteiger partial charge in [-0.15, -0.1) is 0 Å². The van der Waals surface area contributed by atoms with E-state index in [1.807, 2.05) is 20.8 Å². The fourth-order valence-electron chi connectivity index (χ4n) is 9.62. The average molecular weight is 487 g/mol. The highest BCUT2D eigenvalue weighted by atomic mass is 16.6. The van der Waals surface area contributed by atoms with Crippen LogP contribution in [0.25, 0.3) is 0 Å². The number of esters is 2. The number of fused-ring (bicyclic) bond motifs is 7. The minimum Gasteiger partial charge on any atom is -0.469 e. The van der Waals surface area contributed by atoms with E-state index in [0.717, 1.165) is 24.8 Å². The van der Waals surface area contributed by atoms with E-state index in [1.165, 1.54) is 7.11 Å². The highest BCUT2D eigenvalue weighted by molar-refractivity contribution is 6.05. The molecule has 0 aromatic heterocycles. The van der Waals surface area contributed by atoms with Gasteiger partial charge in [0.05, 0.1) is 12.5 Å². The Hall–Kier alpha value is -1.69. The summed E-state index contributed by atoms with van der Waals surface area (Å²) in [6.07, 6.45) is 6.73. The van der Waals surface area contributed by atoms with Gasteiger partial charge in [-0.1, -0.05) is 33.3 Å². The number of carbonyl (C=O) groups excluding carboxylic acids is 3. The van der Waals surface area contributed by atoms with Gasteiger partial charge in [-0.05, 0) is 88.5 Å². The zero-order valence-corrected chi connectivity index (χ0v) is 22.7. The smallest absolute Gasteiger partial charge is 0.316 e. The van der Waals surface area contributed by atoms with Crippen LogP contribution in [-0.4, -0.2) is 41.1 Å². The van der Waals surface area contributed by atoms with Crippen molar-refractivity contribution in [3.05, 3.63) is 11.6 Å². The third kappa shape index (κ3) is 2.58. The number of ketones is 1. The largest absolute Gasteiger partial charge is 0.469 e. The van der Waals surface area contributed by atoms with Crippen LogP contribution in [0.3, 0.4) is 0 Å². The molecule has 6 heteroatoms. The number of rotatable bonds is 1. The molecule has 1 saturated heterocycles. The molecule has 1 N–H and O–H groups in total. The summed E-state index contributed by atoms with van der Waals surface area (Å²) in [5.41, 5.74) is -4.98. The van der Waals surface area contributed by atoms with Gasteiger partial charge in [0.1, 0.15) is 16.6 Å². The van der Waals surface area contributed by atoms with Crippen LogP contribution in [0.1, 0.15) is 93.4 Å². The van der Waals surface area contributed by atoms with Gasteiger partial charge in [-0.2, -0.15) is 0 Å². The molecule has 5 rings (SSSR count). The van der Waals surface area contributed by atoms with Crippen LogP contribution in [0.15, 0.2) is 11.6 Å². The van der Waals surface area contributed by atoms with Crippen molar-refractivity contribution in [1.82, 2.24) is 0 Å². The molecule has 194 valence electrons.